The summed E-state index contributed by atoms with van der Waals surface area (Å²) in [6.45, 7) is 3.23. The van der Waals surface area contributed by atoms with Gasteiger partial charge in [-0.3, -0.25) is 4.79 Å². The number of nitrogens with zero attached hydrogens (tertiary/aromatic N) is 2. The highest BCUT2D eigenvalue weighted by Gasteiger charge is 2.30. The predicted octanol–water partition coefficient (Wildman–Crippen LogP) is 6.41. The van der Waals surface area contributed by atoms with Crippen LogP contribution in [0, 0.1) is 0 Å². The van der Waals surface area contributed by atoms with Crippen molar-refractivity contribution in [2.75, 3.05) is 24.2 Å². The van der Waals surface area contributed by atoms with Crippen molar-refractivity contribution in [2.45, 2.75) is 25.6 Å². The first-order valence-electron chi connectivity index (χ1n) is 11.5. The Hall–Kier alpha value is -2.88. The standard InChI is InChI=1S/C26H25N3O3S3/c1-2-32-26(31)29-13-12-18-21(14-29)35-25(23(18)24-27-19-10-6-7-11-20(19)34-24)28-22(30)16-33-15-17-8-4-3-5-9-17/h3-11H,2,12-16H2,1H3,(H,28,30). The van der Waals surface area contributed by atoms with Crippen molar-refractivity contribution in [2.24, 2.45) is 0 Å². The molecule has 5 rings (SSSR count). The first-order chi connectivity index (χ1) is 17.1. The van der Waals surface area contributed by atoms with Gasteiger partial charge in [-0.15, -0.1) is 34.4 Å². The predicted molar refractivity (Wildman–Crippen MR) is 145 cm³/mol. The number of rotatable bonds is 7. The Bertz CT molecular complexity index is 1320. The number of hydrogen-bond acceptors (Lipinski definition) is 7. The average Bonchev–Trinajstić information content (AvgIpc) is 3.44. The Balaban J connectivity index is 1.40. The van der Waals surface area contributed by atoms with Gasteiger partial charge in [0.15, 0.2) is 0 Å². The minimum absolute atomic E-state index is 0.0332. The normalized spacial score (nSPS) is 13.0. The van der Waals surface area contributed by atoms with E-state index in [1.807, 2.05) is 43.3 Å². The zero-order chi connectivity index (χ0) is 24.2. The molecule has 180 valence electrons. The van der Waals surface area contributed by atoms with E-state index < -0.39 is 0 Å². The van der Waals surface area contributed by atoms with Gasteiger partial charge in [0, 0.05) is 22.7 Å². The van der Waals surface area contributed by atoms with Crippen LogP contribution in [0.2, 0.25) is 0 Å². The van der Waals surface area contributed by atoms with Gasteiger partial charge < -0.3 is 15.0 Å². The van der Waals surface area contributed by atoms with Crippen molar-refractivity contribution in [1.29, 1.82) is 0 Å². The van der Waals surface area contributed by atoms with E-state index in [2.05, 4.69) is 23.5 Å². The van der Waals surface area contributed by atoms with Crippen LogP contribution in [0.3, 0.4) is 0 Å². The van der Waals surface area contributed by atoms with Gasteiger partial charge in [0.2, 0.25) is 5.91 Å². The van der Waals surface area contributed by atoms with Crippen LogP contribution in [0.4, 0.5) is 9.80 Å². The molecule has 35 heavy (non-hydrogen) atoms. The number of thioether (sulfide) groups is 1. The van der Waals surface area contributed by atoms with Crippen LogP contribution in [-0.2, 0) is 28.2 Å². The summed E-state index contributed by atoms with van der Waals surface area (Å²) in [4.78, 5) is 32.9. The number of carbonyl (C=O) groups is 2. The highest BCUT2D eigenvalue weighted by Crippen LogP contribution is 2.45. The summed E-state index contributed by atoms with van der Waals surface area (Å²) in [6.07, 6.45) is 0.408. The van der Waals surface area contributed by atoms with Crippen molar-refractivity contribution in [3.63, 3.8) is 0 Å². The highest BCUT2D eigenvalue weighted by atomic mass is 32.2. The molecule has 0 atom stereocenters. The highest BCUT2D eigenvalue weighted by molar-refractivity contribution is 7.99. The van der Waals surface area contributed by atoms with Crippen LogP contribution >= 0.6 is 34.4 Å². The van der Waals surface area contributed by atoms with E-state index >= 15 is 0 Å². The van der Waals surface area contributed by atoms with E-state index in [0.717, 1.165) is 36.4 Å². The van der Waals surface area contributed by atoms with Crippen molar-refractivity contribution in [1.82, 2.24) is 9.88 Å². The molecule has 2 amide bonds. The molecule has 0 fully saturated rings. The molecule has 4 aromatic rings. The Morgan fingerprint density at radius 2 is 1.91 bits per heavy atom. The quantitative estimate of drug-likeness (QED) is 0.303. The first-order valence-corrected chi connectivity index (χ1v) is 14.2. The van der Waals surface area contributed by atoms with Crippen molar-refractivity contribution in [3.05, 3.63) is 70.6 Å². The summed E-state index contributed by atoms with van der Waals surface area (Å²) in [5.41, 5.74) is 4.32. The van der Waals surface area contributed by atoms with E-state index in [4.69, 9.17) is 9.72 Å². The van der Waals surface area contributed by atoms with Crippen LogP contribution in [0.5, 0.6) is 0 Å². The zero-order valence-electron chi connectivity index (χ0n) is 19.3. The van der Waals surface area contributed by atoms with E-state index in [1.165, 1.54) is 11.1 Å². The molecule has 0 unspecified atom stereocenters. The number of thiophene rings is 1. The van der Waals surface area contributed by atoms with Crippen LogP contribution in [-0.4, -0.2) is 40.8 Å². The van der Waals surface area contributed by atoms with Gasteiger partial charge in [0.05, 0.1) is 29.1 Å². The lowest BCUT2D eigenvalue weighted by atomic mass is 10.0. The topological polar surface area (TPSA) is 71.5 Å². The van der Waals surface area contributed by atoms with E-state index in [-0.39, 0.29) is 12.0 Å². The lowest BCUT2D eigenvalue weighted by Gasteiger charge is -2.26. The smallest absolute Gasteiger partial charge is 0.410 e. The Morgan fingerprint density at radius 3 is 2.71 bits per heavy atom. The van der Waals surface area contributed by atoms with Crippen LogP contribution in [0.15, 0.2) is 54.6 Å². The van der Waals surface area contributed by atoms with Gasteiger partial charge in [-0.2, -0.15) is 0 Å². The molecule has 1 aliphatic rings. The van der Waals surface area contributed by atoms with Crippen LogP contribution in [0.25, 0.3) is 20.8 Å². The number of thiazole rings is 1. The van der Waals surface area contributed by atoms with E-state index in [0.29, 0.717) is 31.9 Å². The molecular formula is C26H25N3O3S3. The maximum absolute atomic E-state index is 12.9. The zero-order valence-corrected chi connectivity index (χ0v) is 21.7. The van der Waals surface area contributed by atoms with E-state index in [1.54, 1.807) is 39.3 Å². The molecular weight excluding hydrogens is 499 g/mol. The summed E-state index contributed by atoms with van der Waals surface area (Å²) in [5, 5.41) is 4.87. The molecule has 0 saturated carbocycles. The van der Waals surface area contributed by atoms with Crippen molar-refractivity contribution >= 4 is 61.7 Å². The number of carbonyl (C=O) groups excluding carboxylic acids is 2. The first kappa shape index (κ1) is 23.8. The number of benzene rings is 2. The minimum Gasteiger partial charge on any atom is -0.450 e. The number of para-hydroxylation sites is 1. The third-order valence-electron chi connectivity index (χ3n) is 5.69. The van der Waals surface area contributed by atoms with Gasteiger partial charge in [0.1, 0.15) is 10.0 Å². The molecule has 3 heterocycles. The van der Waals surface area contributed by atoms with Gasteiger partial charge in [-0.05, 0) is 36.6 Å². The number of aromatic nitrogens is 1. The van der Waals surface area contributed by atoms with Crippen molar-refractivity contribution < 1.29 is 14.3 Å². The maximum atomic E-state index is 12.9. The molecule has 1 N–H and O–H groups in total. The second-order valence-electron chi connectivity index (χ2n) is 8.09. The molecule has 9 heteroatoms. The van der Waals surface area contributed by atoms with Gasteiger partial charge in [-0.25, -0.2) is 9.78 Å². The molecule has 0 radical (unpaired) electrons. The Morgan fingerprint density at radius 1 is 1.11 bits per heavy atom. The van der Waals surface area contributed by atoms with Gasteiger partial charge >= 0.3 is 6.09 Å². The largest absolute Gasteiger partial charge is 0.450 e. The summed E-state index contributed by atoms with van der Waals surface area (Å²) in [5.74, 6) is 1.12. The Labute approximate surface area is 216 Å². The van der Waals surface area contributed by atoms with Gasteiger partial charge in [0.25, 0.3) is 0 Å². The fourth-order valence-electron chi connectivity index (χ4n) is 4.07. The summed E-state index contributed by atoms with van der Waals surface area (Å²) < 4.78 is 6.33. The van der Waals surface area contributed by atoms with Gasteiger partial charge in [-0.1, -0.05) is 42.5 Å². The lowest BCUT2D eigenvalue weighted by Crippen LogP contribution is -2.35. The third kappa shape index (κ3) is 5.37. The number of anilines is 1. The maximum Gasteiger partial charge on any atom is 0.410 e. The summed E-state index contributed by atoms with van der Waals surface area (Å²) in [6, 6.07) is 18.2. The fourth-order valence-corrected chi connectivity index (χ4v) is 7.24. The number of ether oxygens (including phenoxy) is 1. The summed E-state index contributed by atoms with van der Waals surface area (Å²) >= 11 is 4.77. The second kappa shape index (κ2) is 10.8. The molecule has 1 aliphatic heterocycles. The molecule has 0 saturated heterocycles. The van der Waals surface area contributed by atoms with E-state index in [9.17, 15) is 9.59 Å². The third-order valence-corrected chi connectivity index (χ3v) is 8.88. The molecule has 6 nitrogen and oxygen atoms in total. The second-order valence-corrected chi connectivity index (χ2v) is 11.2. The SMILES string of the molecule is CCOC(=O)N1CCc2c(sc(NC(=O)CSCc3ccccc3)c2-c2nc3ccccc3s2)C1. The lowest BCUT2D eigenvalue weighted by molar-refractivity contribution is -0.113. The average molecular weight is 524 g/mol. The number of fused-ring (bicyclic) bond motifs is 2. The molecule has 2 aromatic carbocycles. The number of nitrogens with one attached hydrogen (secondary N) is 1. The minimum atomic E-state index is -0.295. The fraction of sp³-hybridized carbons (Fsp3) is 0.269. The Kier molecular flexibility index (Phi) is 7.36. The monoisotopic (exact) mass is 523 g/mol. The molecule has 0 bridgehead atoms. The van der Waals surface area contributed by atoms with Crippen molar-refractivity contribution in [3.8, 4) is 10.6 Å². The molecule has 2 aromatic heterocycles. The molecule has 0 spiro atoms. The summed E-state index contributed by atoms with van der Waals surface area (Å²) in [7, 11) is 0. The number of amides is 2. The molecule has 0 aliphatic carbocycles. The number of hydrogen-bond donors (Lipinski definition) is 1. The van der Waals surface area contributed by atoms with Crippen LogP contribution in [0.1, 0.15) is 22.9 Å². The van der Waals surface area contributed by atoms with Crippen LogP contribution < -0.4 is 5.32 Å².